The Bertz CT molecular complexity index is 345. The Morgan fingerprint density at radius 3 is 2.62 bits per heavy atom. The maximum Gasteiger partial charge on any atom is 0.321 e. The average Bonchev–Trinajstić information content (AvgIpc) is 2.49. The first-order valence-corrected chi connectivity index (χ1v) is 3.53. The molecule has 1 aromatic heterocycles. The second-order valence-corrected chi connectivity index (χ2v) is 2.53. The molecule has 0 bridgehead atoms. The van der Waals surface area contributed by atoms with Gasteiger partial charge in [0.2, 0.25) is 0 Å². The number of rotatable bonds is 1. The summed E-state index contributed by atoms with van der Waals surface area (Å²) < 4.78 is 4.67. The molecule has 6 nitrogen and oxygen atoms in total. The average molecular weight is 183 g/mol. The van der Waals surface area contributed by atoms with Gasteiger partial charge in [0.15, 0.2) is 5.69 Å². The summed E-state index contributed by atoms with van der Waals surface area (Å²) in [6.07, 6.45) is 0. The van der Waals surface area contributed by atoms with Crippen molar-refractivity contribution < 1.29 is 14.1 Å². The maximum atomic E-state index is 11.3. The van der Waals surface area contributed by atoms with Gasteiger partial charge in [0, 0.05) is 13.1 Å². The summed E-state index contributed by atoms with van der Waals surface area (Å²) >= 11 is 0. The summed E-state index contributed by atoms with van der Waals surface area (Å²) in [4.78, 5) is 22.7. The predicted molar refractivity (Wildman–Crippen MR) is 42.9 cm³/mol. The zero-order chi connectivity index (χ0) is 10.0. The highest BCUT2D eigenvalue weighted by atomic mass is 16.5. The van der Waals surface area contributed by atoms with Crippen molar-refractivity contribution in [3.05, 3.63) is 17.5 Å². The van der Waals surface area contributed by atoms with E-state index in [4.69, 9.17) is 5.73 Å². The van der Waals surface area contributed by atoms with E-state index < -0.39 is 11.9 Å². The molecule has 6 heteroatoms. The lowest BCUT2D eigenvalue weighted by Gasteiger charge is -2.08. The molecular formula is C7H9N3O3. The van der Waals surface area contributed by atoms with Crippen LogP contribution in [0.25, 0.3) is 0 Å². The van der Waals surface area contributed by atoms with Crippen molar-refractivity contribution in [2.45, 2.75) is 6.92 Å². The Morgan fingerprint density at radius 1 is 1.62 bits per heavy atom. The lowest BCUT2D eigenvalue weighted by Crippen LogP contribution is -2.37. The topological polar surface area (TPSA) is 89.4 Å². The van der Waals surface area contributed by atoms with Crippen molar-refractivity contribution in [2.24, 2.45) is 5.73 Å². The van der Waals surface area contributed by atoms with Crippen LogP contribution in [0.1, 0.15) is 16.2 Å². The van der Waals surface area contributed by atoms with Crippen LogP contribution in [0.4, 0.5) is 4.79 Å². The van der Waals surface area contributed by atoms with Gasteiger partial charge in [-0.3, -0.25) is 9.69 Å². The highest BCUT2D eigenvalue weighted by molar-refractivity contribution is 6.02. The zero-order valence-electron chi connectivity index (χ0n) is 7.27. The molecule has 0 atom stereocenters. The number of urea groups is 1. The summed E-state index contributed by atoms with van der Waals surface area (Å²) in [6, 6.07) is 0.604. The van der Waals surface area contributed by atoms with Gasteiger partial charge in [-0.05, 0) is 6.92 Å². The molecule has 0 unspecified atom stereocenters. The van der Waals surface area contributed by atoms with Crippen LogP contribution in [0, 0.1) is 6.92 Å². The minimum absolute atomic E-state index is 0.0683. The van der Waals surface area contributed by atoms with Crippen molar-refractivity contribution in [2.75, 3.05) is 7.05 Å². The third kappa shape index (κ3) is 1.84. The van der Waals surface area contributed by atoms with Crippen molar-refractivity contribution in [1.29, 1.82) is 0 Å². The molecule has 1 heterocycles. The van der Waals surface area contributed by atoms with E-state index in [1.807, 2.05) is 0 Å². The van der Waals surface area contributed by atoms with Crippen LogP contribution in [0.3, 0.4) is 0 Å². The first-order chi connectivity index (χ1) is 6.02. The van der Waals surface area contributed by atoms with Crippen LogP contribution in [-0.4, -0.2) is 29.0 Å². The molecule has 1 rings (SSSR count). The van der Waals surface area contributed by atoms with Crippen LogP contribution in [0.2, 0.25) is 0 Å². The fourth-order valence-electron chi connectivity index (χ4n) is 0.739. The van der Waals surface area contributed by atoms with Crippen molar-refractivity contribution in [3.8, 4) is 0 Å². The van der Waals surface area contributed by atoms with E-state index in [2.05, 4.69) is 9.68 Å². The van der Waals surface area contributed by atoms with Crippen LogP contribution in [0.5, 0.6) is 0 Å². The van der Waals surface area contributed by atoms with E-state index in [0.717, 1.165) is 4.90 Å². The summed E-state index contributed by atoms with van der Waals surface area (Å²) in [7, 11) is 1.27. The highest BCUT2D eigenvalue weighted by Gasteiger charge is 2.18. The molecule has 2 N–H and O–H groups in total. The Morgan fingerprint density at radius 2 is 2.23 bits per heavy atom. The number of imide groups is 1. The van der Waals surface area contributed by atoms with E-state index in [1.165, 1.54) is 13.1 Å². The summed E-state index contributed by atoms with van der Waals surface area (Å²) in [5.41, 5.74) is 4.96. The number of carbonyl (C=O) groups is 2. The van der Waals surface area contributed by atoms with Crippen LogP contribution in [-0.2, 0) is 0 Å². The number of carbonyl (C=O) groups excluding carboxylic acids is 2. The molecule has 0 aliphatic rings. The maximum absolute atomic E-state index is 11.3. The zero-order valence-corrected chi connectivity index (χ0v) is 7.27. The van der Waals surface area contributed by atoms with Gasteiger partial charge >= 0.3 is 6.03 Å². The number of amides is 3. The molecule has 0 spiro atoms. The molecule has 0 fully saturated rings. The van der Waals surface area contributed by atoms with Gasteiger partial charge in [0.1, 0.15) is 5.76 Å². The second-order valence-electron chi connectivity index (χ2n) is 2.53. The Balaban J connectivity index is 2.85. The van der Waals surface area contributed by atoms with Gasteiger partial charge in [0.25, 0.3) is 5.91 Å². The fraction of sp³-hybridized carbons (Fsp3) is 0.286. The molecule has 70 valence electrons. The van der Waals surface area contributed by atoms with Crippen molar-refractivity contribution >= 4 is 11.9 Å². The normalized spacial score (nSPS) is 9.69. The van der Waals surface area contributed by atoms with Crippen molar-refractivity contribution in [1.82, 2.24) is 10.1 Å². The van der Waals surface area contributed by atoms with Gasteiger partial charge in [-0.2, -0.15) is 0 Å². The number of aromatic nitrogens is 1. The highest BCUT2D eigenvalue weighted by Crippen LogP contribution is 2.04. The predicted octanol–water partition coefficient (Wildman–Crippen LogP) is 0.134. The molecule has 3 amide bonds. The van der Waals surface area contributed by atoms with E-state index in [-0.39, 0.29) is 5.69 Å². The number of aryl methyl sites for hydroxylation is 1. The Hall–Kier alpha value is -1.85. The first-order valence-electron chi connectivity index (χ1n) is 3.53. The SMILES string of the molecule is Cc1cc(C(=O)N(C)C(N)=O)no1. The molecule has 0 aliphatic carbocycles. The molecule has 1 aromatic rings. The van der Waals surface area contributed by atoms with Gasteiger partial charge in [0.05, 0.1) is 0 Å². The van der Waals surface area contributed by atoms with Gasteiger partial charge in [-0.1, -0.05) is 5.16 Å². The smallest absolute Gasteiger partial charge is 0.321 e. The molecule has 0 radical (unpaired) electrons. The second kappa shape index (κ2) is 3.26. The van der Waals surface area contributed by atoms with E-state index in [1.54, 1.807) is 6.92 Å². The number of hydrogen-bond donors (Lipinski definition) is 1. The summed E-state index contributed by atoms with van der Waals surface area (Å²) in [5, 5.41) is 3.45. The standard InChI is InChI=1S/C7H9N3O3/c1-4-3-5(9-13-4)6(11)10(2)7(8)12/h3H,1-2H3,(H2,8,12). The molecular weight excluding hydrogens is 174 g/mol. The van der Waals surface area contributed by atoms with Crippen LogP contribution in [0.15, 0.2) is 10.6 Å². The lowest BCUT2D eigenvalue weighted by molar-refractivity contribution is 0.0828. The number of hydrogen-bond acceptors (Lipinski definition) is 4. The van der Waals surface area contributed by atoms with E-state index >= 15 is 0 Å². The van der Waals surface area contributed by atoms with E-state index in [0.29, 0.717) is 5.76 Å². The number of nitrogens with two attached hydrogens (primary N) is 1. The summed E-state index contributed by atoms with van der Waals surface area (Å²) in [5.74, 6) is -0.0782. The third-order valence-electron chi connectivity index (χ3n) is 1.48. The lowest BCUT2D eigenvalue weighted by atomic mass is 10.3. The monoisotopic (exact) mass is 183 g/mol. The fourth-order valence-corrected chi connectivity index (χ4v) is 0.739. The molecule has 0 saturated heterocycles. The summed E-state index contributed by atoms with van der Waals surface area (Å²) in [6.45, 7) is 1.65. The van der Waals surface area contributed by atoms with Gasteiger partial charge < -0.3 is 10.3 Å². The Kier molecular flexibility index (Phi) is 2.32. The van der Waals surface area contributed by atoms with Gasteiger partial charge in [-0.15, -0.1) is 0 Å². The molecule has 0 saturated carbocycles. The molecule has 13 heavy (non-hydrogen) atoms. The van der Waals surface area contributed by atoms with E-state index in [9.17, 15) is 9.59 Å². The van der Waals surface area contributed by atoms with Crippen molar-refractivity contribution in [3.63, 3.8) is 0 Å². The quantitative estimate of drug-likeness (QED) is 0.670. The molecule has 0 aliphatic heterocycles. The number of primary amides is 1. The third-order valence-corrected chi connectivity index (χ3v) is 1.48. The minimum atomic E-state index is -0.828. The number of nitrogens with zero attached hydrogens (tertiary/aromatic N) is 2. The van der Waals surface area contributed by atoms with Crippen LogP contribution >= 0.6 is 0 Å². The minimum Gasteiger partial charge on any atom is -0.361 e. The first kappa shape index (κ1) is 9.24. The van der Waals surface area contributed by atoms with Gasteiger partial charge in [-0.25, -0.2) is 4.79 Å². The largest absolute Gasteiger partial charge is 0.361 e. The van der Waals surface area contributed by atoms with Crippen LogP contribution < -0.4 is 5.73 Å². The molecule has 0 aromatic carbocycles. The Labute approximate surface area is 74.3 Å².